The maximum Gasteiger partial charge on any atom is 0.0153 e. The summed E-state index contributed by atoms with van der Waals surface area (Å²) < 4.78 is 0. The van der Waals surface area contributed by atoms with E-state index in [9.17, 15) is 0 Å². The summed E-state index contributed by atoms with van der Waals surface area (Å²) in [5.41, 5.74) is 0.473. The van der Waals surface area contributed by atoms with Crippen molar-refractivity contribution in [3.8, 4) is 0 Å². The molecule has 0 heterocycles. The summed E-state index contributed by atoms with van der Waals surface area (Å²) in [6, 6.07) is 0. The Morgan fingerprint density at radius 2 is 1.35 bits per heavy atom. The van der Waals surface area contributed by atoms with Crippen molar-refractivity contribution in [2.75, 3.05) is 6.54 Å². The van der Waals surface area contributed by atoms with Gasteiger partial charge in [-0.25, -0.2) is 0 Å². The summed E-state index contributed by atoms with van der Waals surface area (Å²) in [7, 11) is 0. The zero-order chi connectivity index (χ0) is 12.0. The van der Waals surface area contributed by atoms with Crippen molar-refractivity contribution in [1.29, 1.82) is 0 Å². The van der Waals surface area contributed by atoms with Crippen LogP contribution in [0.5, 0.6) is 0 Å². The van der Waals surface area contributed by atoms with Crippen LogP contribution in [0.3, 0.4) is 0 Å². The van der Waals surface area contributed by atoms with Crippen molar-refractivity contribution >= 4 is 0 Å². The summed E-state index contributed by atoms with van der Waals surface area (Å²) in [5.74, 6) is 0.967. The molecule has 0 amide bonds. The van der Waals surface area contributed by atoms with Crippen LogP contribution in [0.25, 0.3) is 0 Å². The highest BCUT2D eigenvalue weighted by Gasteiger charge is 2.26. The number of hydrogen-bond acceptors (Lipinski definition) is 1. The van der Waals surface area contributed by atoms with Crippen molar-refractivity contribution in [2.24, 2.45) is 5.92 Å². The van der Waals surface area contributed by atoms with Crippen molar-refractivity contribution in [3.63, 3.8) is 0 Å². The lowest BCUT2D eigenvalue weighted by atomic mass is 9.82. The van der Waals surface area contributed by atoms with E-state index in [1.807, 2.05) is 0 Å². The van der Waals surface area contributed by atoms with Crippen molar-refractivity contribution < 1.29 is 0 Å². The Hall–Kier alpha value is -0.0400. The number of rotatable bonds is 3. The van der Waals surface area contributed by atoms with Gasteiger partial charge in [-0.2, -0.15) is 0 Å². The average Bonchev–Trinajstić information content (AvgIpc) is 2.28. The second-order valence-corrected chi connectivity index (χ2v) is 6.71. The van der Waals surface area contributed by atoms with Gasteiger partial charge in [-0.1, -0.05) is 51.4 Å². The average molecular weight is 237 g/mol. The number of hydrogen-bond donors (Lipinski definition) is 1. The van der Waals surface area contributed by atoms with Crippen molar-refractivity contribution in [2.45, 2.75) is 89.5 Å². The standard InChI is InChI=1S/C16H31N/c1-16(12-8-5-9-13-16)17-14-15-10-6-3-2-4-7-11-15/h15,17H,2-14H2,1H3. The first-order valence-corrected chi connectivity index (χ1v) is 8.04. The number of nitrogens with one attached hydrogen (secondary N) is 1. The Morgan fingerprint density at radius 3 is 2.00 bits per heavy atom. The third kappa shape index (κ3) is 4.62. The SMILES string of the molecule is CC1(NCC2CCCCCCC2)CCCCC1. The quantitative estimate of drug-likeness (QED) is 0.753. The predicted molar refractivity (Wildman–Crippen MR) is 75.3 cm³/mol. The van der Waals surface area contributed by atoms with E-state index < -0.39 is 0 Å². The highest BCUT2D eigenvalue weighted by Crippen LogP contribution is 2.29. The highest BCUT2D eigenvalue weighted by atomic mass is 15.0. The van der Waals surface area contributed by atoms with E-state index in [0.29, 0.717) is 5.54 Å². The fourth-order valence-corrected chi connectivity index (χ4v) is 3.64. The topological polar surface area (TPSA) is 12.0 Å². The molecule has 1 nitrogen and oxygen atoms in total. The molecule has 0 aromatic rings. The molecule has 2 saturated carbocycles. The summed E-state index contributed by atoms with van der Waals surface area (Å²) in [6.07, 6.45) is 17.5. The first kappa shape index (κ1) is 13.4. The van der Waals surface area contributed by atoms with Gasteiger partial charge in [0.25, 0.3) is 0 Å². The molecular formula is C16H31N. The lowest BCUT2D eigenvalue weighted by molar-refractivity contribution is 0.229. The van der Waals surface area contributed by atoms with Crippen LogP contribution >= 0.6 is 0 Å². The highest BCUT2D eigenvalue weighted by molar-refractivity contribution is 4.87. The van der Waals surface area contributed by atoms with Crippen LogP contribution in [0.15, 0.2) is 0 Å². The third-order valence-corrected chi connectivity index (χ3v) is 5.00. The smallest absolute Gasteiger partial charge is 0.0153 e. The third-order valence-electron chi connectivity index (χ3n) is 5.00. The van der Waals surface area contributed by atoms with Gasteiger partial charge < -0.3 is 5.32 Å². The molecule has 0 bridgehead atoms. The Morgan fingerprint density at radius 1 is 0.824 bits per heavy atom. The van der Waals surface area contributed by atoms with Gasteiger partial charge in [0, 0.05) is 5.54 Å². The maximum absolute atomic E-state index is 3.92. The Kier molecular flexibility index (Phi) is 5.34. The molecule has 0 unspecified atom stereocenters. The van der Waals surface area contributed by atoms with Gasteiger partial charge >= 0.3 is 0 Å². The largest absolute Gasteiger partial charge is 0.311 e. The van der Waals surface area contributed by atoms with E-state index in [-0.39, 0.29) is 0 Å². The molecule has 1 heteroatoms. The molecule has 0 saturated heterocycles. The molecule has 0 atom stereocenters. The van der Waals surface area contributed by atoms with Gasteiger partial charge in [0.05, 0.1) is 0 Å². The molecule has 2 aliphatic carbocycles. The normalized spacial score (nSPS) is 27.4. The van der Waals surface area contributed by atoms with Gasteiger partial charge in [0.2, 0.25) is 0 Å². The van der Waals surface area contributed by atoms with Crippen LogP contribution in [0.1, 0.15) is 84.0 Å². The molecular weight excluding hydrogens is 206 g/mol. The summed E-state index contributed by atoms with van der Waals surface area (Å²) in [5, 5.41) is 3.92. The fourth-order valence-electron chi connectivity index (χ4n) is 3.64. The van der Waals surface area contributed by atoms with Crippen LogP contribution in [-0.2, 0) is 0 Å². The van der Waals surface area contributed by atoms with E-state index >= 15 is 0 Å². The monoisotopic (exact) mass is 237 g/mol. The molecule has 2 fully saturated rings. The van der Waals surface area contributed by atoms with Gasteiger partial charge in [0.15, 0.2) is 0 Å². The predicted octanol–water partition coefficient (Wildman–Crippen LogP) is 4.66. The maximum atomic E-state index is 3.92. The van der Waals surface area contributed by atoms with E-state index in [2.05, 4.69) is 12.2 Å². The van der Waals surface area contributed by atoms with E-state index in [1.165, 1.54) is 83.6 Å². The minimum Gasteiger partial charge on any atom is -0.311 e. The first-order chi connectivity index (χ1) is 8.29. The van der Waals surface area contributed by atoms with Crippen molar-refractivity contribution in [3.05, 3.63) is 0 Å². The molecule has 1 N–H and O–H groups in total. The summed E-state index contributed by atoms with van der Waals surface area (Å²) in [6.45, 7) is 3.74. The second kappa shape index (κ2) is 6.78. The second-order valence-electron chi connectivity index (χ2n) is 6.71. The molecule has 100 valence electrons. The van der Waals surface area contributed by atoms with Crippen molar-refractivity contribution in [1.82, 2.24) is 5.32 Å². The fraction of sp³-hybridized carbons (Fsp3) is 1.00. The van der Waals surface area contributed by atoms with Crippen LogP contribution in [0.4, 0.5) is 0 Å². The molecule has 0 aromatic carbocycles. The summed E-state index contributed by atoms with van der Waals surface area (Å²) >= 11 is 0. The lowest BCUT2D eigenvalue weighted by Gasteiger charge is -2.36. The molecule has 0 spiro atoms. The van der Waals surface area contributed by atoms with Crippen LogP contribution in [0, 0.1) is 5.92 Å². The van der Waals surface area contributed by atoms with E-state index in [1.54, 1.807) is 0 Å². The zero-order valence-electron chi connectivity index (χ0n) is 11.8. The molecule has 2 aliphatic rings. The van der Waals surface area contributed by atoms with E-state index in [0.717, 1.165) is 5.92 Å². The lowest BCUT2D eigenvalue weighted by Crippen LogP contribution is -2.46. The van der Waals surface area contributed by atoms with Crippen LogP contribution in [-0.4, -0.2) is 12.1 Å². The molecule has 17 heavy (non-hydrogen) atoms. The van der Waals surface area contributed by atoms with Gasteiger partial charge in [-0.15, -0.1) is 0 Å². The van der Waals surface area contributed by atoms with Gasteiger partial charge in [0.1, 0.15) is 0 Å². The molecule has 0 radical (unpaired) electrons. The molecule has 0 aliphatic heterocycles. The first-order valence-electron chi connectivity index (χ1n) is 8.04. The Balaban J connectivity index is 1.71. The minimum atomic E-state index is 0.473. The molecule has 0 aromatic heterocycles. The van der Waals surface area contributed by atoms with Crippen LogP contribution in [0.2, 0.25) is 0 Å². The van der Waals surface area contributed by atoms with Gasteiger partial charge in [-0.05, 0) is 45.1 Å². The zero-order valence-corrected chi connectivity index (χ0v) is 11.8. The van der Waals surface area contributed by atoms with E-state index in [4.69, 9.17) is 0 Å². The Bertz CT molecular complexity index is 198. The Labute approximate surface area is 108 Å². The molecule has 2 rings (SSSR count). The van der Waals surface area contributed by atoms with Gasteiger partial charge in [-0.3, -0.25) is 0 Å². The summed E-state index contributed by atoms with van der Waals surface area (Å²) in [4.78, 5) is 0. The van der Waals surface area contributed by atoms with Crippen LogP contribution < -0.4 is 5.32 Å². The minimum absolute atomic E-state index is 0.473.